The summed E-state index contributed by atoms with van der Waals surface area (Å²) in [6.07, 6.45) is 19.8. The van der Waals surface area contributed by atoms with Crippen LogP contribution in [0.5, 0.6) is 0 Å². The number of amides is 2. The van der Waals surface area contributed by atoms with Crippen molar-refractivity contribution in [3.05, 3.63) is 48.3 Å². The number of aromatic nitrogens is 6. The molecular formula is C46H68N8O7S2. The predicted molar refractivity (Wildman–Crippen MR) is 254 cm³/mol. The number of carbonyl (C=O) groups excluding carboxylic acids is 2. The first-order valence-corrected chi connectivity index (χ1v) is 27.9. The lowest BCUT2D eigenvalue weighted by Gasteiger charge is -2.28. The average molecular weight is 909 g/mol. The van der Waals surface area contributed by atoms with Gasteiger partial charge in [-0.25, -0.2) is 49.6 Å². The Labute approximate surface area is 375 Å². The molecule has 0 spiro atoms. The van der Waals surface area contributed by atoms with Crippen molar-refractivity contribution >= 4 is 54.6 Å². The van der Waals surface area contributed by atoms with E-state index < -0.39 is 31.3 Å². The minimum Gasteiger partial charge on any atom is -0.456 e. The van der Waals surface area contributed by atoms with Crippen LogP contribution in [-0.2, 0) is 32.4 Å². The van der Waals surface area contributed by atoms with Gasteiger partial charge in [0.25, 0.3) is 0 Å². The number of furan rings is 1. The Morgan fingerprint density at radius 3 is 1.43 bits per heavy atom. The number of likely N-dealkylation sites (tertiary alicyclic amines) is 2. The Kier molecular flexibility index (Phi) is 13.5. The molecule has 0 aliphatic carbocycles. The number of fused-ring (bicyclic) bond motifs is 2. The number of nitrogens with zero attached hydrogens (tertiary/aromatic N) is 8. The Bertz CT molecular complexity index is 2250. The van der Waals surface area contributed by atoms with Crippen molar-refractivity contribution in [2.75, 3.05) is 75.3 Å². The maximum absolute atomic E-state index is 13.4. The van der Waals surface area contributed by atoms with E-state index in [2.05, 4.69) is 37.5 Å². The molecule has 2 amide bonds. The fourth-order valence-corrected chi connectivity index (χ4v) is 9.05. The molecule has 0 N–H and O–H groups in total. The van der Waals surface area contributed by atoms with Crippen molar-refractivity contribution in [3.63, 3.8) is 0 Å². The van der Waals surface area contributed by atoms with Gasteiger partial charge in [0.05, 0.1) is 25.3 Å². The fraction of sp³-hybridized carbons (Fsp3) is 0.609. The second-order valence-electron chi connectivity index (χ2n) is 20.4. The molecule has 15 nitrogen and oxygen atoms in total. The zero-order valence-corrected chi connectivity index (χ0v) is 41.0. The summed E-state index contributed by atoms with van der Waals surface area (Å²) in [6, 6.07) is 7.25. The molecular weight excluding hydrogens is 841 g/mol. The van der Waals surface area contributed by atoms with Gasteiger partial charge >= 0.3 is 12.2 Å². The van der Waals surface area contributed by atoms with Crippen molar-refractivity contribution in [1.29, 1.82) is 0 Å². The Morgan fingerprint density at radius 1 is 0.667 bits per heavy atom. The molecule has 0 aromatic carbocycles. The van der Waals surface area contributed by atoms with E-state index in [4.69, 9.17) is 43.3 Å². The number of imidazole rings is 2. The van der Waals surface area contributed by atoms with Crippen LogP contribution in [0.4, 0.5) is 9.59 Å². The van der Waals surface area contributed by atoms with Gasteiger partial charge in [-0.05, 0) is 129 Å². The summed E-state index contributed by atoms with van der Waals surface area (Å²) < 4.78 is 34.6. The van der Waals surface area contributed by atoms with Gasteiger partial charge < -0.3 is 23.4 Å². The highest BCUT2D eigenvalue weighted by Gasteiger charge is 2.38. The summed E-state index contributed by atoms with van der Waals surface area (Å²) >= 11 is 0. The first-order valence-electron chi connectivity index (χ1n) is 21.8. The van der Waals surface area contributed by atoms with E-state index in [1.807, 2.05) is 74.9 Å². The lowest BCUT2D eigenvalue weighted by molar-refractivity contribution is 0.0196. The van der Waals surface area contributed by atoms with Crippen LogP contribution in [0.2, 0.25) is 0 Å². The molecule has 2 aliphatic heterocycles. The van der Waals surface area contributed by atoms with Gasteiger partial charge in [-0.1, -0.05) is 0 Å². The zero-order chi connectivity index (χ0) is 45.5. The van der Waals surface area contributed by atoms with Crippen molar-refractivity contribution in [2.45, 2.75) is 104 Å². The normalized spacial score (nSPS) is 18.2. The summed E-state index contributed by atoms with van der Waals surface area (Å²) in [6.45, 7) is 14.2. The van der Waals surface area contributed by atoms with E-state index in [0.29, 0.717) is 60.2 Å². The van der Waals surface area contributed by atoms with Crippen LogP contribution in [0.3, 0.4) is 0 Å². The third-order valence-electron chi connectivity index (χ3n) is 10.9. The lowest BCUT2D eigenvalue weighted by atomic mass is 10.2. The number of hydrogen-bond acceptors (Lipinski definition) is 11. The van der Waals surface area contributed by atoms with Crippen molar-refractivity contribution < 1.29 is 33.0 Å². The minimum atomic E-state index is -0.735. The molecule has 7 rings (SSSR count). The molecule has 2 fully saturated rings. The summed E-state index contributed by atoms with van der Waals surface area (Å²) in [5, 5.41) is 0. The number of carbonyl (C=O) groups is 2. The first kappa shape index (κ1) is 46.7. The van der Waals surface area contributed by atoms with E-state index >= 15 is 0 Å². The van der Waals surface area contributed by atoms with E-state index in [1.54, 1.807) is 22.2 Å². The lowest BCUT2D eigenvalue weighted by Crippen LogP contribution is -2.37. The monoisotopic (exact) mass is 908 g/mol. The standard InChI is InChI=1S/C46H68N8O7S2/c1-45(2,3)60-43(55)51-19-13-15-35(51)41-49-33-25-31(27-47-39(33)53(41)29-57-21-23-62(7,8)9)37-17-18-38(59-37)32-26-34-40(48-28-32)54(30-58-22-24-63(10,11)12)42(50-34)36-16-14-20-52(36)44(56)61-46(4,5)6/h17-18,25-28,35-36H,13-16,19-24,29-30H2,1-12H3/t35-,36-/m0/s1. The predicted octanol–water partition coefficient (Wildman–Crippen LogP) is 9.58. The maximum Gasteiger partial charge on any atom is 0.410 e. The topological polar surface area (TPSA) is 152 Å². The highest BCUT2D eigenvalue weighted by Crippen LogP contribution is 2.39. The van der Waals surface area contributed by atoms with E-state index in [0.717, 1.165) is 60.0 Å². The van der Waals surface area contributed by atoms with Crippen molar-refractivity contribution in [1.82, 2.24) is 38.9 Å². The molecule has 0 bridgehead atoms. The van der Waals surface area contributed by atoms with E-state index in [-0.39, 0.29) is 37.7 Å². The summed E-state index contributed by atoms with van der Waals surface area (Å²) in [5.41, 5.74) is 3.01. The molecule has 0 unspecified atom stereocenters. The van der Waals surface area contributed by atoms with E-state index in [9.17, 15) is 9.59 Å². The Balaban J connectivity index is 1.18. The number of pyridine rings is 2. The van der Waals surface area contributed by atoms with Crippen LogP contribution in [0.15, 0.2) is 41.1 Å². The van der Waals surface area contributed by atoms with Crippen molar-refractivity contribution in [3.8, 4) is 22.6 Å². The maximum atomic E-state index is 13.4. The molecule has 2 saturated heterocycles. The van der Waals surface area contributed by atoms with E-state index in [1.165, 1.54) is 0 Å². The number of ether oxygens (including phenoxy) is 4. The van der Waals surface area contributed by atoms with Crippen molar-refractivity contribution in [2.24, 2.45) is 0 Å². The summed E-state index contributed by atoms with van der Waals surface area (Å²) in [7, 11) is -1.47. The largest absolute Gasteiger partial charge is 0.456 e. The molecule has 5 aromatic heterocycles. The summed E-state index contributed by atoms with van der Waals surface area (Å²) in [5.74, 6) is 4.66. The van der Waals surface area contributed by atoms with Gasteiger partial charge in [0, 0.05) is 48.1 Å². The van der Waals surface area contributed by atoms with Gasteiger partial charge in [0.2, 0.25) is 0 Å². The van der Waals surface area contributed by atoms with Crippen LogP contribution in [0.1, 0.15) is 91.0 Å². The van der Waals surface area contributed by atoms with Gasteiger partial charge in [0.1, 0.15) is 58.9 Å². The molecule has 0 radical (unpaired) electrons. The molecule has 2 aliphatic rings. The molecule has 7 heterocycles. The third-order valence-corrected chi connectivity index (χ3v) is 13.7. The molecule has 17 heteroatoms. The van der Waals surface area contributed by atoms with Crippen LogP contribution < -0.4 is 0 Å². The Hall–Kier alpha value is -4.32. The second kappa shape index (κ2) is 18.3. The average Bonchev–Trinajstić information content (AvgIpc) is 4.02. The van der Waals surface area contributed by atoms with Crippen LogP contribution in [0.25, 0.3) is 45.0 Å². The van der Waals surface area contributed by atoms with Crippen LogP contribution >= 0.6 is 20.1 Å². The smallest absolute Gasteiger partial charge is 0.410 e. The SMILES string of the molecule is CC(C)(C)OC(=O)N1CCC[C@H]1c1nc2cc(-c3ccc(-c4cnc5c(c4)nc([C@@H]4CCCN4C(=O)OC(C)(C)C)n5COCCS(C)(C)C)o3)cnc2n1COCCS(C)(C)C. The number of hydrogen-bond donors (Lipinski definition) is 0. The molecule has 63 heavy (non-hydrogen) atoms. The molecule has 346 valence electrons. The highest BCUT2D eigenvalue weighted by molar-refractivity contribution is 8.32. The third kappa shape index (κ3) is 11.5. The Morgan fingerprint density at radius 2 is 1.06 bits per heavy atom. The molecule has 2 atom stereocenters. The second-order valence-corrected chi connectivity index (χ2v) is 29.6. The van der Waals surface area contributed by atoms with Gasteiger partial charge in [-0.2, -0.15) is 0 Å². The first-order chi connectivity index (χ1) is 29.5. The van der Waals surface area contributed by atoms with Gasteiger partial charge in [-0.3, -0.25) is 18.9 Å². The van der Waals surface area contributed by atoms with Gasteiger partial charge in [-0.15, -0.1) is 0 Å². The quantitative estimate of drug-likeness (QED) is 0.0980. The summed E-state index contributed by atoms with van der Waals surface area (Å²) in [4.78, 5) is 50.4. The van der Waals surface area contributed by atoms with Crippen LogP contribution in [0, 0.1) is 0 Å². The minimum absolute atomic E-state index is 0.272. The fourth-order valence-electron chi connectivity index (χ4n) is 7.82. The van der Waals surface area contributed by atoms with Gasteiger partial charge in [0.15, 0.2) is 11.3 Å². The number of rotatable bonds is 14. The molecule has 0 saturated carbocycles. The van der Waals surface area contributed by atoms with Crippen LogP contribution in [-0.4, -0.2) is 138 Å². The highest BCUT2D eigenvalue weighted by atomic mass is 32.3. The molecule has 5 aromatic rings. The zero-order valence-electron chi connectivity index (χ0n) is 39.4.